The van der Waals surface area contributed by atoms with E-state index in [9.17, 15) is 9.18 Å². The van der Waals surface area contributed by atoms with Crippen molar-refractivity contribution in [1.29, 1.82) is 0 Å². The fourth-order valence-corrected chi connectivity index (χ4v) is 5.55. The zero-order valence-corrected chi connectivity index (χ0v) is 19.3. The van der Waals surface area contributed by atoms with Crippen LogP contribution < -0.4 is 10.2 Å². The molecule has 0 saturated carbocycles. The van der Waals surface area contributed by atoms with Gasteiger partial charge in [-0.05, 0) is 42.8 Å². The van der Waals surface area contributed by atoms with Crippen LogP contribution in [0, 0.1) is 12.7 Å². The van der Waals surface area contributed by atoms with Crippen molar-refractivity contribution >= 4 is 44.4 Å². The number of rotatable bonds is 8. The predicted molar refractivity (Wildman–Crippen MR) is 128 cm³/mol. The number of benzene rings is 2. The number of thioether (sulfide) groups is 1. The van der Waals surface area contributed by atoms with Crippen LogP contribution in [0.15, 0.2) is 47.4 Å². The quantitative estimate of drug-likeness (QED) is 0.514. The van der Waals surface area contributed by atoms with Gasteiger partial charge in [-0.1, -0.05) is 23.5 Å². The summed E-state index contributed by atoms with van der Waals surface area (Å²) >= 11 is 3.34. The molecule has 0 unspecified atom stereocenters. The van der Waals surface area contributed by atoms with Gasteiger partial charge < -0.3 is 10.2 Å². The number of hydrogen-bond acceptors (Lipinski definition) is 6. The molecule has 2 aromatic carbocycles. The number of fused-ring (bicyclic) bond motifs is 1. The summed E-state index contributed by atoms with van der Waals surface area (Å²) in [7, 11) is 0. The highest BCUT2D eigenvalue weighted by molar-refractivity contribution is 7.99. The molecule has 1 aliphatic heterocycles. The summed E-state index contributed by atoms with van der Waals surface area (Å²) in [5, 5.41) is 4.12. The number of aryl methyl sites for hydroxylation is 1. The molecular weight excluding hydrogens is 431 g/mol. The molecule has 1 fully saturated rings. The lowest BCUT2D eigenvalue weighted by molar-refractivity contribution is -0.120. The summed E-state index contributed by atoms with van der Waals surface area (Å²) in [6.45, 7) is 7.52. The summed E-state index contributed by atoms with van der Waals surface area (Å²) in [5.74, 6) is 0.522. The molecule has 2 heterocycles. The van der Waals surface area contributed by atoms with Crippen LogP contribution in [0.4, 0.5) is 9.52 Å². The largest absolute Gasteiger partial charge is 0.355 e. The lowest BCUT2D eigenvalue weighted by Gasteiger charge is -2.34. The number of hydrogen-bond donors (Lipinski definition) is 1. The van der Waals surface area contributed by atoms with E-state index in [4.69, 9.17) is 4.98 Å². The topological polar surface area (TPSA) is 48.5 Å². The normalized spacial score (nSPS) is 14.8. The molecule has 31 heavy (non-hydrogen) atoms. The number of piperazine rings is 1. The summed E-state index contributed by atoms with van der Waals surface area (Å²) in [5.41, 5.74) is 2.34. The van der Waals surface area contributed by atoms with Gasteiger partial charge in [0.05, 0.1) is 10.2 Å². The minimum Gasteiger partial charge on any atom is -0.355 e. The molecule has 1 N–H and O–H groups in total. The van der Waals surface area contributed by atoms with E-state index in [1.165, 1.54) is 22.4 Å². The summed E-state index contributed by atoms with van der Waals surface area (Å²) in [6, 6.07) is 12.7. The molecule has 164 valence electrons. The maximum absolute atomic E-state index is 12.9. The van der Waals surface area contributed by atoms with Crippen LogP contribution in [0.2, 0.25) is 0 Å². The molecule has 0 atom stereocenters. The van der Waals surface area contributed by atoms with Crippen LogP contribution in [-0.4, -0.2) is 60.8 Å². The van der Waals surface area contributed by atoms with Crippen molar-refractivity contribution in [1.82, 2.24) is 15.2 Å². The lowest BCUT2D eigenvalue weighted by atomic mass is 10.2. The van der Waals surface area contributed by atoms with E-state index in [1.807, 2.05) is 0 Å². The van der Waals surface area contributed by atoms with Crippen LogP contribution in [0.3, 0.4) is 0 Å². The van der Waals surface area contributed by atoms with Crippen molar-refractivity contribution in [2.45, 2.75) is 18.2 Å². The number of nitrogens with one attached hydrogen (secondary N) is 1. The summed E-state index contributed by atoms with van der Waals surface area (Å²) in [6.07, 6.45) is 0.465. The molecular formula is C23H27FN4OS2. The minimum absolute atomic E-state index is 0.0677. The van der Waals surface area contributed by atoms with Gasteiger partial charge in [0.25, 0.3) is 0 Å². The highest BCUT2D eigenvalue weighted by atomic mass is 32.2. The standard InChI is InChI=1S/C23H27FN4OS2/c1-17-3-2-4-20-22(17)26-23(31-20)28-14-12-27(13-15-28)11-10-25-21(29)9-16-30-19-7-5-18(24)6-8-19/h2-8H,9-16H2,1H3,(H,25,29). The molecule has 1 saturated heterocycles. The number of thiazole rings is 1. The fourth-order valence-electron chi connectivity index (χ4n) is 3.61. The summed E-state index contributed by atoms with van der Waals surface area (Å²) in [4.78, 5) is 22.7. The first-order valence-corrected chi connectivity index (χ1v) is 12.4. The Hall–Kier alpha value is -2.16. The smallest absolute Gasteiger partial charge is 0.220 e. The van der Waals surface area contributed by atoms with Gasteiger partial charge in [-0.3, -0.25) is 9.69 Å². The Labute approximate surface area is 190 Å². The number of amides is 1. The highest BCUT2D eigenvalue weighted by Crippen LogP contribution is 2.30. The first kappa shape index (κ1) is 22.0. The zero-order valence-electron chi connectivity index (χ0n) is 17.6. The van der Waals surface area contributed by atoms with Crippen LogP contribution in [-0.2, 0) is 4.79 Å². The van der Waals surface area contributed by atoms with E-state index in [0.717, 1.165) is 48.3 Å². The van der Waals surface area contributed by atoms with Crippen molar-refractivity contribution in [2.75, 3.05) is 49.9 Å². The fraction of sp³-hybridized carbons (Fsp3) is 0.391. The molecule has 8 heteroatoms. The number of para-hydroxylation sites is 1. The Bertz CT molecular complexity index is 1020. The van der Waals surface area contributed by atoms with Gasteiger partial charge in [0.1, 0.15) is 5.82 Å². The molecule has 0 aliphatic carbocycles. The third kappa shape index (κ3) is 5.96. The van der Waals surface area contributed by atoms with Gasteiger partial charge in [0.2, 0.25) is 5.91 Å². The van der Waals surface area contributed by atoms with Crippen molar-refractivity contribution in [3.63, 3.8) is 0 Å². The lowest BCUT2D eigenvalue weighted by Crippen LogP contribution is -2.48. The number of carbonyl (C=O) groups excluding carboxylic acids is 1. The van der Waals surface area contributed by atoms with E-state index < -0.39 is 0 Å². The number of nitrogens with zero attached hydrogens (tertiary/aromatic N) is 3. The molecule has 1 aromatic heterocycles. The first-order chi connectivity index (χ1) is 15.1. The number of carbonyl (C=O) groups is 1. The van der Waals surface area contributed by atoms with Gasteiger partial charge in [0.15, 0.2) is 5.13 Å². The van der Waals surface area contributed by atoms with Gasteiger partial charge >= 0.3 is 0 Å². The van der Waals surface area contributed by atoms with Crippen LogP contribution in [0.1, 0.15) is 12.0 Å². The second kappa shape index (κ2) is 10.4. The van der Waals surface area contributed by atoms with Crippen molar-refractivity contribution in [3.05, 3.63) is 53.8 Å². The highest BCUT2D eigenvalue weighted by Gasteiger charge is 2.20. The maximum Gasteiger partial charge on any atom is 0.220 e. The zero-order chi connectivity index (χ0) is 21.6. The van der Waals surface area contributed by atoms with Crippen molar-refractivity contribution in [3.8, 4) is 0 Å². The Balaban J connectivity index is 1.13. The third-order valence-electron chi connectivity index (χ3n) is 5.41. The van der Waals surface area contributed by atoms with Crippen LogP contribution in [0.25, 0.3) is 10.2 Å². The van der Waals surface area contributed by atoms with Crippen molar-refractivity contribution < 1.29 is 9.18 Å². The minimum atomic E-state index is -0.238. The van der Waals surface area contributed by atoms with Crippen LogP contribution >= 0.6 is 23.1 Å². The number of halogens is 1. The first-order valence-electron chi connectivity index (χ1n) is 10.6. The van der Waals surface area contributed by atoms with E-state index in [-0.39, 0.29) is 11.7 Å². The second-order valence-corrected chi connectivity index (χ2v) is 9.83. The molecule has 0 radical (unpaired) electrons. The summed E-state index contributed by atoms with van der Waals surface area (Å²) < 4.78 is 14.2. The second-order valence-electron chi connectivity index (χ2n) is 7.65. The maximum atomic E-state index is 12.9. The SMILES string of the molecule is Cc1cccc2sc(N3CCN(CCNC(=O)CCSc4ccc(F)cc4)CC3)nc12. The molecule has 3 aromatic rings. The number of anilines is 1. The van der Waals surface area contributed by atoms with Gasteiger partial charge in [0, 0.05) is 56.3 Å². The molecule has 5 nitrogen and oxygen atoms in total. The molecule has 1 amide bonds. The Morgan fingerprint density at radius 2 is 1.94 bits per heavy atom. The van der Waals surface area contributed by atoms with Gasteiger partial charge in [-0.25, -0.2) is 9.37 Å². The van der Waals surface area contributed by atoms with Crippen LogP contribution in [0.5, 0.6) is 0 Å². The average molecular weight is 459 g/mol. The average Bonchev–Trinajstić information content (AvgIpc) is 3.21. The molecule has 4 rings (SSSR count). The Morgan fingerprint density at radius 1 is 1.16 bits per heavy atom. The van der Waals surface area contributed by atoms with Gasteiger partial charge in [-0.2, -0.15) is 0 Å². The predicted octanol–water partition coefficient (Wildman–Crippen LogP) is 4.16. The molecule has 0 spiro atoms. The van der Waals surface area contributed by atoms with E-state index in [1.54, 1.807) is 35.2 Å². The van der Waals surface area contributed by atoms with E-state index >= 15 is 0 Å². The van der Waals surface area contributed by atoms with Gasteiger partial charge in [-0.15, -0.1) is 11.8 Å². The molecule has 1 aliphatic rings. The third-order valence-corrected chi connectivity index (χ3v) is 7.51. The number of aromatic nitrogens is 1. The van der Waals surface area contributed by atoms with E-state index in [0.29, 0.717) is 18.7 Å². The van der Waals surface area contributed by atoms with E-state index in [2.05, 4.69) is 40.2 Å². The Morgan fingerprint density at radius 3 is 2.68 bits per heavy atom. The Kier molecular flexibility index (Phi) is 7.42. The molecule has 0 bridgehead atoms. The van der Waals surface area contributed by atoms with Crippen molar-refractivity contribution in [2.24, 2.45) is 0 Å². The monoisotopic (exact) mass is 458 g/mol.